The Balaban J connectivity index is 2.07. The summed E-state index contributed by atoms with van der Waals surface area (Å²) in [4.78, 5) is 0. The molecule has 0 fully saturated rings. The first kappa shape index (κ1) is 11.8. The van der Waals surface area contributed by atoms with E-state index in [-0.39, 0.29) is 6.61 Å². The molecule has 0 unspecified atom stereocenters. The van der Waals surface area contributed by atoms with Gasteiger partial charge < -0.3 is 9.84 Å². The highest BCUT2D eigenvalue weighted by molar-refractivity contribution is 5.59. The van der Waals surface area contributed by atoms with E-state index in [1.807, 2.05) is 17.1 Å². The van der Waals surface area contributed by atoms with Gasteiger partial charge in [0, 0.05) is 30.6 Å². The summed E-state index contributed by atoms with van der Waals surface area (Å²) in [5.41, 5.74) is 2.02. The predicted octanol–water partition coefficient (Wildman–Crippen LogP) is 0.385. The maximum absolute atomic E-state index is 8.81. The van der Waals surface area contributed by atoms with E-state index < -0.39 is 0 Å². The third-order valence-electron chi connectivity index (χ3n) is 2.45. The van der Waals surface area contributed by atoms with E-state index in [9.17, 15) is 0 Å². The molecule has 0 aliphatic rings. The van der Waals surface area contributed by atoms with Crippen molar-refractivity contribution in [1.82, 2.24) is 19.6 Å². The maximum atomic E-state index is 8.81. The van der Waals surface area contributed by atoms with Gasteiger partial charge in [0.05, 0.1) is 38.7 Å². The third-order valence-corrected chi connectivity index (χ3v) is 2.45. The number of hydrogen-bond acceptors (Lipinski definition) is 4. The van der Waals surface area contributed by atoms with Gasteiger partial charge in [-0.2, -0.15) is 10.2 Å². The molecule has 0 aliphatic carbocycles. The van der Waals surface area contributed by atoms with E-state index in [4.69, 9.17) is 9.84 Å². The lowest BCUT2D eigenvalue weighted by molar-refractivity contribution is 0.183. The molecule has 2 aromatic rings. The van der Waals surface area contributed by atoms with E-state index in [1.165, 1.54) is 0 Å². The first-order valence-corrected chi connectivity index (χ1v) is 5.48. The molecule has 0 aromatic carbocycles. The minimum absolute atomic E-state index is 0.0915. The number of aliphatic hydroxyl groups is 1. The molecule has 1 N–H and O–H groups in total. The summed E-state index contributed by atoms with van der Waals surface area (Å²) in [6.07, 6.45) is 7.43. The molecular formula is C11H16N4O2. The van der Waals surface area contributed by atoms with Crippen molar-refractivity contribution in [2.75, 3.05) is 20.3 Å². The molecule has 92 valence electrons. The Kier molecular flexibility index (Phi) is 3.89. The second-order valence-corrected chi connectivity index (χ2v) is 3.70. The molecule has 0 radical (unpaired) electrons. The molecule has 2 rings (SSSR count). The molecule has 0 bridgehead atoms. The van der Waals surface area contributed by atoms with Crippen LogP contribution in [0.2, 0.25) is 0 Å². The monoisotopic (exact) mass is 236 g/mol. The molecule has 0 atom stereocenters. The molecule has 0 saturated heterocycles. The number of ether oxygens (including phenoxy) is 1. The third kappa shape index (κ3) is 2.92. The first-order valence-electron chi connectivity index (χ1n) is 5.48. The van der Waals surface area contributed by atoms with E-state index >= 15 is 0 Å². The van der Waals surface area contributed by atoms with Crippen LogP contribution in [0.15, 0.2) is 24.8 Å². The minimum Gasteiger partial charge on any atom is -0.394 e. The van der Waals surface area contributed by atoms with Crippen LogP contribution in [0.25, 0.3) is 11.1 Å². The Morgan fingerprint density at radius 2 is 1.71 bits per heavy atom. The number of rotatable bonds is 6. The highest BCUT2D eigenvalue weighted by Gasteiger charge is 2.04. The second-order valence-electron chi connectivity index (χ2n) is 3.70. The van der Waals surface area contributed by atoms with Crippen molar-refractivity contribution < 1.29 is 9.84 Å². The SMILES string of the molecule is COCCn1cc(-c2cnn(CCO)c2)cn1. The van der Waals surface area contributed by atoms with Crippen LogP contribution in [0.4, 0.5) is 0 Å². The average molecular weight is 236 g/mol. The molecule has 2 heterocycles. The molecule has 0 amide bonds. The Morgan fingerprint density at radius 3 is 2.24 bits per heavy atom. The second kappa shape index (κ2) is 5.60. The molecule has 6 heteroatoms. The van der Waals surface area contributed by atoms with Crippen LogP contribution < -0.4 is 0 Å². The lowest BCUT2D eigenvalue weighted by Crippen LogP contribution is -2.03. The summed E-state index contributed by atoms with van der Waals surface area (Å²) in [5, 5.41) is 17.2. The molecular weight excluding hydrogens is 220 g/mol. The average Bonchev–Trinajstić information content (AvgIpc) is 2.95. The molecule has 17 heavy (non-hydrogen) atoms. The van der Waals surface area contributed by atoms with Gasteiger partial charge in [-0.15, -0.1) is 0 Å². The van der Waals surface area contributed by atoms with Gasteiger partial charge in [-0.25, -0.2) is 0 Å². The Labute approximate surface area is 99.4 Å². The summed E-state index contributed by atoms with van der Waals surface area (Å²) in [7, 11) is 1.67. The quantitative estimate of drug-likeness (QED) is 0.787. The van der Waals surface area contributed by atoms with Gasteiger partial charge in [0.2, 0.25) is 0 Å². The largest absolute Gasteiger partial charge is 0.394 e. The highest BCUT2D eigenvalue weighted by atomic mass is 16.5. The topological polar surface area (TPSA) is 65.1 Å². The van der Waals surface area contributed by atoms with Crippen LogP contribution >= 0.6 is 0 Å². The van der Waals surface area contributed by atoms with Crippen molar-refractivity contribution in [2.24, 2.45) is 0 Å². The van der Waals surface area contributed by atoms with E-state index in [0.29, 0.717) is 13.2 Å². The van der Waals surface area contributed by atoms with E-state index in [1.54, 1.807) is 24.2 Å². The molecule has 0 spiro atoms. The van der Waals surface area contributed by atoms with E-state index in [0.717, 1.165) is 17.7 Å². The Hall–Kier alpha value is -1.66. The van der Waals surface area contributed by atoms with Crippen molar-refractivity contribution in [1.29, 1.82) is 0 Å². The zero-order valence-electron chi connectivity index (χ0n) is 9.78. The summed E-state index contributed by atoms with van der Waals surface area (Å²) < 4.78 is 8.54. The van der Waals surface area contributed by atoms with Gasteiger partial charge in [-0.05, 0) is 0 Å². The van der Waals surface area contributed by atoms with Crippen LogP contribution in [0.5, 0.6) is 0 Å². The van der Waals surface area contributed by atoms with Gasteiger partial charge in [-0.3, -0.25) is 9.36 Å². The minimum atomic E-state index is 0.0915. The van der Waals surface area contributed by atoms with Crippen LogP contribution in [0, 0.1) is 0 Å². The van der Waals surface area contributed by atoms with Crippen molar-refractivity contribution in [3.8, 4) is 11.1 Å². The number of aliphatic hydroxyl groups excluding tert-OH is 1. The molecule has 0 aliphatic heterocycles. The summed E-state index contributed by atoms with van der Waals surface area (Å²) in [6, 6.07) is 0. The zero-order valence-corrected chi connectivity index (χ0v) is 9.78. The number of methoxy groups -OCH3 is 1. The predicted molar refractivity (Wildman–Crippen MR) is 62.4 cm³/mol. The van der Waals surface area contributed by atoms with Crippen molar-refractivity contribution in [2.45, 2.75) is 13.1 Å². The molecule has 6 nitrogen and oxygen atoms in total. The lowest BCUT2D eigenvalue weighted by Gasteiger charge is -1.98. The van der Waals surface area contributed by atoms with Gasteiger partial charge in [0.25, 0.3) is 0 Å². The Bertz CT molecular complexity index is 463. The highest BCUT2D eigenvalue weighted by Crippen LogP contribution is 2.17. The van der Waals surface area contributed by atoms with Crippen molar-refractivity contribution in [3.63, 3.8) is 0 Å². The maximum Gasteiger partial charge on any atom is 0.0658 e. The van der Waals surface area contributed by atoms with Crippen LogP contribution in [0.3, 0.4) is 0 Å². The summed E-state index contributed by atoms with van der Waals surface area (Å²) in [5.74, 6) is 0. The number of hydrogen-bond donors (Lipinski definition) is 1. The molecule has 0 saturated carbocycles. The standard InChI is InChI=1S/C11H16N4O2/c1-17-5-3-15-9-11(7-13-15)10-6-12-14(8-10)2-4-16/h6-9,16H,2-5H2,1H3. The van der Waals surface area contributed by atoms with Gasteiger partial charge in [0.1, 0.15) is 0 Å². The fraction of sp³-hybridized carbons (Fsp3) is 0.455. The van der Waals surface area contributed by atoms with Crippen molar-refractivity contribution in [3.05, 3.63) is 24.8 Å². The van der Waals surface area contributed by atoms with Crippen LogP contribution in [-0.4, -0.2) is 45.0 Å². The fourth-order valence-electron chi connectivity index (χ4n) is 1.56. The normalized spacial score (nSPS) is 10.9. The zero-order chi connectivity index (χ0) is 12.1. The van der Waals surface area contributed by atoms with E-state index in [2.05, 4.69) is 10.2 Å². The van der Waals surface area contributed by atoms with Crippen molar-refractivity contribution >= 4 is 0 Å². The summed E-state index contributed by atoms with van der Waals surface area (Å²) in [6.45, 7) is 1.98. The number of nitrogens with zero attached hydrogens (tertiary/aromatic N) is 4. The van der Waals surface area contributed by atoms with Gasteiger partial charge in [-0.1, -0.05) is 0 Å². The van der Waals surface area contributed by atoms with Gasteiger partial charge in [0.15, 0.2) is 0 Å². The summed E-state index contributed by atoms with van der Waals surface area (Å²) >= 11 is 0. The smallest absolute Gasteiger partial charge is 0.0658 e. The fourth-order valence-corrected chi connectivity index (χ4v) is 1.56. The lowest BCUT2D eigenvalue weighted by atomic mass is 10.2. The van der Waals surface area contributed by atoms with Gasteiger partial charge >= 0.3 is 0 Å². The Morgan fingerprint density at radius 1 is 1.12 bits per heavy atom. The molecule has 2 aromatic heterocycles. The number of aromatic nitrogens is 4. The van der Waals surface area contributed by atoms with Crippen LogP contribution in [0.1, 0.15) is 0 Å². The first-order chi connectivity index (χ1) is 8.33. The van der Waals surface area contributed by atoms with Crippen LogP contribution in [-0.2, 0) is 17.8 Å².